The number of amides is 1. The normalized spacial score (nSPS) is 10.5. The Balaban J connectivity index is 1.64. The molecule has 3 aromatic rings. The summed E-state index contributed by atoms with van der Waals surface area (Å²) < 4.78 is 6.99. The molecule has 2 aromatic heterocycles. The topological polar surface area (TPSA) is 103 Å². The molecule has 0 bridgehead atoms. The van der Waals surface area contributed by atoms with Crippen molar-refractivity contribution in [3.63, 3.8) is 0 Å². The highest BCUT2D eigenvalue weighted by Crippen LogP contribution is 2.19. The van der Waals surface area contributed by atoms with E-state index in [1.54, 1.807) is 36.4 Å². The highest BCUT2D eigenvalue weighted by atomic mass is 16.6. The van der Waals surface area contributed by atoms with Crippen LogP contribution in [0.5, 0.6) is 5.75 Å². The predicted octanol–water partition coefficient (Wildman–Crippen LogP) is 2.04. The molecule has 0 spiro atoms. The van der Waals surface area contributed by atoms with Crippen LogP contribution in [0.3, 0.4) is 0 Å². The van der Waals surface area contributed by atoms with Crippen LogP contribution in [-0.2, 0) is 24.7 Å². The first kappa shape index (κ1) is 19.3. The smallest absolute Gasteiger partial charge is 0.274 e. The standard InChI is InChI=1S/C19H22N6O3/c1-25-12-16(11-22-25)23-19-20-9-14(10-21-19)5-4-13-6-15(18(26)24-28-3)8-17(7-13)27-2/h6-12H,4-5H2,1-3H3,(H,24,26)(H,20,21,23). The van der Waals surface area contributed by atoms with E-state index in [4.69, 9.17) is 4.74 Å². The van der Waals surface area contributed by atoms with Gasteiger partial charge in [0.15, 0.2) is 0 Å². The van der Waals surface area contributed by atoms with Gasteiger partial charge in [-0.25, -0.2) is 15.4 Å². The van der Waals surface area contributed by atoms with Crippen molar-refractivity contribution in [1.29, 1.82) is 0 Å². The lowest BCUT2D eigenvalue weighted by Gasteiger charge is -2.09. The fourth-order valence-corrected chi connectivity index (χ4v) is 2.66. The third-order valence-electron chi connectivity index (χ3n) is 4.03. The average Bonchev–Trinajstić information content (AvgIpc) is 3.12. The zero-order valence-electron chi connectivity index (χ0n) is 16.0. The van der Waals surface area contributed by atoms with Crippen molar-refractivity contribution in [2.75, 3.05) is 19.5 Å². The van der Waals surface area contributed by atoms with Crippen LogP contribution in [-0.4, -0.2) is 39.9 Å². The minimum absolute atomic E-state index is 0.322. The zero-order chi connectivity index (χ0) is 19.9. The second kappa shape index (κ2) is 8.96. The van der Waals surface area contributed by atoms with Crippen LogP contribution in [0.25, 0.3) is 0 Å². The molecular weight excluding hydrogens is 360 g/mol. The zero-order valence-corrected chi connectivity index (χ0v) is 16.0. The minimum Gasteiger partial charge on any atom is -0.497 e. The molecule has 3 rings (SSSR count). The van der Waals surface area contributed by atoms with Gasteiger partial charge in [0.2, 0.25) is 5.95 Å². The quantitative estimate of drug-likeness (QED) is 0.575. The lowest BCUT2D eigenvalue weighted by atomic mass is 10.0. The Hall–Kier alpha value is -3.46. The number of anilines is 2. The van der Waals surface area contributed by atoms with Crippen LogP contribution in [0.15, 0.2) is 43.0 Å². The van der Waals surface area contributed by atoms with Crippen LogP contribution >= 0.6 is 0 Å². The summed E-state index contributed by atoms with van der Waals surface area (Å²) >= 11 is 0. The number of rotatable bonds is 8. The van der Waals surface area contributed by atoms with Gasteiger partial charge < -0.3 is 10.1 Å². The molecule has 9 nitrogen and oxygen atoms in total. The van der Waals surface area contributed by atoms with Gasteiger partial charge in [-0.1, -0.05) is 0 Å². The van der Waals surface area contributed by atoms with Crippen LogP contribution in [0.1, 0.15) is 21.5 Å². The molecule has 146 valence electrons. The maximum atomic E-state index is 12.0. The summed E-state index contributed by atoms with van der Waals surface area (Å²) in [5.41, 5.74) is 5.58. The number of aryl methyl sites for hydroxylation is 3. The van der Waals surface area contributed by atoms with E-state index >= 15 is 0 Å². The maximum absolute atomic E-state index is 12.0. The molecule has 0 atom stereocenters. The van der Waals surface area contributed by atoms with Crippen molar-refractivity contribution >= 4 is 17.5 Å². The number of hydrogen-bond donors (Lipinski definition) is 2. The average molecular weight is 382 g/mol. The van der Waals surface area contributed by atoms with Crippen molar-refractivity contribution in [3.8, 4) is 5.75 Å². The van der Waals surface area contributed by atoms with Crippen LogP contribution in [0.4, 0.5) is 11.6 Å². The Bertz CT molecular complexity index is 939. The molecule has 1 amide bonds. The van der Waals surface area contributed by atoms with Gasteiger partial charge in [-0.2, -0.15) is 5.10 Å². The third kappa shape index (κ3) is 5.04. The summed E-state index contributed by atoms with van der Waals surface area (Å²) in [5, 5.41) is 7.18. The van der Waals surface area contributed by atoms with Gasteiger partial charge >= 0.3 is 0 Å². The summed E-state index contributed by atoms with van der Waals surface area (Å²) in [4.78, 5) is 25.4. The molecule has 0 saturated heterocycles. The van der Waals surface area contributed by atoms with Crippen LogP contribution < -0.4 is 15.5 Å². The second-order valence-electron chi connectivity index (χ2n) is 6.15. The van der Waals surface area contributed by atoms with E-state index in [2.05, 4.69) is 30.7 Å². The van der Waals surface area contributed by atoms with Gasteiger partial charge in [0, 0.05) is 31.2 Å². The lowest BCUT2D eigenvalue weighted by Crippen LogP contribution is -2.22. The third-order valence-corrected chi connectivity index (χ3v) is 4.03. The molecule has 0 aliphatic carbocycles. The number of nitrogens with zero attached hydrogens (tertiary/aromatic N) is 4. The van der Waals surface area contributed by atoms with E-state index in [0.717, 1.165) is 23.2 Å². The Labute approximate surface area is 162 Å². The predicted molar refractivity (Wildman–Crippen MR) is 103 cm³/mol. The van der Waals surface area contributed by atoms with E-state index in [1.807, 2.05) is 25.4 Å². The number of ether oxygens (including phenoxy) is 1. The summed E-state index contributed by atoms with van der Waals surface area (Å²) in [5.74, 6) is 0.805. The monoisotopic (exact) mass is 382 g/mol. The number of carbonyl (C=O) groups excluding carboxylic acids is 1. The van der Waals surface area contributed by atoms with Gasteiger partial charge in [-0.15, -0.1) is 0 Å². The Morgan fingerprint density at radius 1 is 1.07 bits per heavy atom. The Kier molecular flexibility index (Phi) is 6.18. The van der Waals surface area contributed by atoms with Crippen molar-refractivity contribution in [1.82, 2.24) is 25.2 Å². The number of hydrogen-bond acceptors (Lipinski definition) is 7. The molecule has 2 heterocycles. The van der Waals surface area contributed by atoms with Gasteiger partial charge in [0.25, 0.3) is 5.91 Å². The van der Waals surface area contributed by atoms with E-state index in [0.29, 0.717) is 23.7 Å². The first-order valence-electron chi connectivity index (χ1n) is 8.65. The summed E-state index contributed by atoms with van der Waals surface area (Å²) in [7, 11) is 4.81. The SMILES string of the molecule is CONC(=O)c1cc(CCc2cnc(Nc3cnn(C)c3)nc2)cc(OC)c1. The maximum Gasteiger partial charge on any atom is 0.274 e. The molecule has 0 aliphatic rings. The van der Waals surface area contributed by atoms with E-state index in [-0.39, 0.29) is 5.91 Å². The number of nitrogens with one attached hydrogen (secondary N) is 2. The fourth-order valence-electron chi connectivity index (χ4n) is 2.66. The van der Waals surface area contributed by atoms with Crippen LogP contribution in [0.2, 0.25) is 0 Å². The molecule has 2 N–H and O–H groups in total. The molecule has 1 aromatic carbocycles. The number of benzene rings is 1. The summed E-state index contributed by atoms with van der Waals surface area (Å²) in [6, 6.07) is 5.39. The number of methoxy groups -OCH3 is 1. The molecule has 28 heavy (non-hydrogen) atoms. The number of hydroxylamine groups is 1. The molecule has 0 aliphatic heterocycles. The molecule has 0 fully saturated rings. The first-order valence-corrected chi connectivity index (χ1v) is 8.65. The van der Waals surface area contributed by atoms with Gasteiger partial charge in [-0.05, 0) is 42.2 Å². The van der Waals surface area contributed by atoms with Crippen molar-refractivity contribution in [2.45, 2.75) is 12.8 Å². The lowest BCUT2D eigenvalue weighted by molar-refractivity contribution is 0.0537. The Morgan fingerprint density at radius 3 is 2.46 bits per heavy atom. The minimum atomic E-state index is -0.322. The summed E-state index contributed by atoms with van der Waals surface area (Å²) in [6.07, 6.45) is 8.55. The van der Waals surface area contributed by atoms with E-state index < -0.39 is 0 Å². The van der Waals surface area contributed by atoms with Gasteiger partial charge in [-0.3, -0.25) is 14.3 Å². The van der Waals surface area contributed by atoms with Crippen molar-refractivity contribution in [2.24, 2.45) is 7.05 Å². The van der Waals surface area contributed by atoms with Crippen molar-refractivity contribution < 1.29 is 14.4 Å². The Morgan fingerprint density at radius 2 is 1.82 bits per heavy atom. The van der Waals surface area contributed by atoms with E-state index in [1.165, 1.54) is 7.11 Å². The first-order chi connectivity index (χ1) is 13.6. The largest absolute Gasteiger partial charge is 0.497 e. The molecule has 0 unspecified atom stereocenters. The fraction of sp³-hybridized carbons (Fsp3) is 0.263. The number of carbonyl (C=O) groups is 1. The molecule has 9 heteroatoms. The van der Waals surface area contributed by atoms with Gasteiger partial charge in [0.1, 0.15) is 5.75 Å². The highest BCUT2D eigenvalue weighted by Gasteiger charge is 2.10. The van der Waals surface area contributed by atoms with Crippen molar-refractivity contribution in [3.05, 3.63) is 59.7 Å². The highest BCUT2D eigenvalue weighted by molar-refractivity contribution is 5.94. The summed E-state index contributed by atoms with van der Waals surface area (Å²) in [6.45, 7) is 0. The van der Waals surface area contributed by atoms with Crippen LogP contribution in [0, 0.1) is 0 Å². The van der Waals surface area contributed by atoms with E-state index in [9.17, 15) is 4.79 Å². The second-order valence-corrected chi connectivity index (χ2v) is 6.15. The van der Waals surface area contributed by atoms with Gasteiger partial charge in [0.05, 0.1) is 26.1 Å². The molecule has 0 radical (unpaired) electrons. The molecule has 0 saturated carbocycles. The molecular formula is C19H22N6O3. The number of aromatic nitrogens is 4.